The van der Waals surface area contributed by atoms with Crippen LogP contribution < -0.4 is 10.1 Å². The molecule has 1 saturated carbocycles. The topological polar surface area (TPSA) is 92.8 Å². The van der Waals surface area contributed by atoms with Crippen LogP contribution in [0.1, 0.15) is 35.6 Å². The number of H-pyrrole nitrogens is 1. The number of nitrogens with zero attached hydrogens (tertiary/aromatic N) is 3. The van der Waals surface area contributed by atoms with Crippen molar-refractivity contribution in [2.75, 3.05) is 0 Å². The van der Waals surface area contributed by atoms with E-state index in [1.54, 1.807) is 19.3 Å². The van der Waals surface area contributed by atoms with Crippen LogP contribution >= 0.6 is 11.6 Å². The van der Waals surface area contributed by atoms with Gasteiger partial charge in [-0.25, -0.2) is 9.97 Å². The average molecular weight is 322 g/mol. The lowest BCUT2D eigenvalue weighted by atomic mass is 10.2. The average Bonchev–Trinajstić information content (AvgIpc) is 3.15. The third-order valence-corrected chi connectivity index (χ3v) is 3.89. The van der Waals surface area contributed by atoms with E-state index in [1.807, 2.05) is 0 Å². The Morgan fingerprint density at radius 1 is 1.45 bits per heavy atom. The summed E-state index contributed by atoms with van der Waals surface area (Å²) < 4.78 is 5.84. The first-order valence-corrected chi connectivity index (χ1v) is 7.46. The number of hydrogen-bond acceptors (Lipinski definition) is 5. The van der Waals surface area contributed by atoms with Crippen molar-refractivity contribution in [1.82, 2.24) is 25.5 Å². The molecule has 116 valence electrons. The normalized spacial score (nSPS) is 20.8. The summed E-state index contributed by atoms with van der Waals surface area (Å²) in [6, 6.07) is -0.0752. The van der Waals surface area contributed by atoms with Crippen LogP contribution in [0.2, 0.25) is 5.02 Å². The SMILES string of the molecule is Cc1ncc(Cl)c(C(=O)N[C@H]2CCC[C@H]2Oc2cn[nH]c2)n1. The number of nitrogens with one attached hydrogen (secondary N) is 2. The molecular formula is C14H16ClN5O2. The first kappa shape index (κ1) is 14.8. The van der Waals surface area contributed by atoms with Crippen molar-refractivity contribution in [3.63, 3.8) is 0 Å². The third kappa shape index (κ3) is 3.19. The number of halogens is 1. The van der Waals surface area contributed by atoms with E-state index in [0.29, 0.717) is 11.6 Å². The number of amides is 1. The lowest BCUT2D eigenvalue weighted by Gasteiger charge is -2.21. The third-order valence-electron chi connectivity index (χ3n) is 3.61. The quantitative estimate of drug-likeness (QED) is 0.897. The van der Waals surface area contributed by atoms with Crippen LogP contribution in [0.25, 0.3) is 0 Å². The molecule has 2 atom stereocenters. The van der Waals surface area contributed by atoms with E-state index in [-0.39, 0.29) is 28.8 Å². The predicted molar refractivity (Wildman–Crippen MR) is 79.9 cm³/mol. The summed E-state index contributed by atoms with van der Waals surface area (Å²) in [5, 5.41) is 9.75. The summed E-state index contributed by atoms with van der Waals surface area (Å²) >= 11 is 6.00. The van der Waals surface area contributed by atoms with Gasteiger partial charge in [-0.2, -0.15) is 5.10 Å². The van der Waals surface area contributed by atoms with Crippen LogP contribution in [0.4, 0.5) is 0 Å². The van der Waals surface area contributed by atoms with E-state index >= 15 is 0 Å². The van der Waals surface area contributed by atoms with Gasteiger partial charge in [-0.05, 0) is 26.2 Å². The standard InChI is InChI=1S/C14H16ClN5O2/c1-8-16-7-10(15)13(19-8)14(21)20-11-3-2-4-12(11)22-9-5-17-18-6-9/h5-7,11-12H,2-4H2,1H3,(H,17,18)(H,20,21)/t11-,12+/m0/s1. The van der Waals surface area contributed by atoms with Crippen LogP contribution in [-0.2, 0) is 0 Å². The number of rotatable bonds is 4. The molecule has 0 radical (unpaired) electrons. The van der Waals surface area contributed by atoms with Crippen LogP contribution in [-0.4, -0.2) is 38.2 Å². The summed E-state index contributed by atoms with van der Waals surface area (Å²) in [5.41, 5.74) is 0.197. The van der Waals surface area contributed by atoms with Crippen molar-refractivity contribution in [2.24, 2.45) is 0 Å². The second-order valence-electron chi connectivity index (χ2n) is 5.21. The molecule has 0 bridgehead atoms. The zero-order chi connectivity index (χ0) is 15.5. The van der Waals surface area contributed by atoms with E-state index in [4.69, 9.17) is 16.3 Å². The highest BCUT2D eigenvalue weighted by atomic mass is 35.5. The van der Waals surface area contributed by atoms with Gasteiger partial charge in [0.1, 0.15) is 17.6 Å². The Labute approximate surface area is 132 Å². The van der Waals surface area contributed by atoms with Crippen LogP contribution in [0.3, 0.4) is 0 Å². The molecule has 0 saturated heterocycles. The molecule has 0 aromatic carbocycles. The first-order chi connectivity index (χ1) is 10.6. The molecule has 2 N–H and O–H groups in total. The number of hydrogen-bond donors (Lipinski definition) is 2. The molecule has 1 aliphatic carbocycles. The smallest absolute Gasteiger partial charge is 0.271 e. The summed E-state index contributed by atoms with van der Waals surface area (Å²) in [6.07, 6.45) is 7.38. The molecule has 0 spiro atoms. The molecule has 1 aliphatic rings. The Balaban J connectivity index is 1.68. The molecule has 3 rings (SSSR count). The molecule has 7 nitrogen and oxygen atoms in total. The second-order valence-corrected chi connectivity index (χ2v) is 5.62. The highest BCUT2D eigenvalue weighted by Gasteiger charge is 2.31. The largest absolute Gasteiger partial charge is 0.485 e. The summed E-state index contributed by atoms with van der Waals surface area (Å²) in [6.45, 7) is 1.72. The zero-order valence-electron chi connectivity index (χ0n) is 12.0. The molecule has 22 heavy (non-hydrogen) atoms. The van der Waals surface area contributed by atoms with Crippen molar-refractivity contribution >= 4 is 17.5 Å². The molecule has 1 amide bonds. The van der Waals surface area contributed by atoms with Crippen LogP contribution in [0, 0.1) is 6.92 Å². The lowest BCUT2D eigenvalue weighted by Crippen LogP contribution is -2.42. The van der Waals surface area contributed by atoms with E-state index in [2.05, 4.69) is 25.5 Å². The highest BCUT2D eigenvalue weighted by molar-refractivity contribution is 6.33. The van der Waals surface area contributed by atoms with Gasteiger partial charge in [0.2, 0.25) is 0 Å². The summed E-state index contributed by atoms with van der Waals surface area (Å²) in [7, 11) is 0. The molecule has 0 unspecified atom stereocenters. The molecule has 2 aromatic heterocycles. The van der Waals surface area contributed by atoms with E-state index in [1.165, 1.54) is 6.20 Å². The van der Waals surface area contributed by atoms with Gasteiger partial charge < -0.3 is 10.1 Å². The van der Waals surface area contributed by atoms with Crippen molar-refractivity contribution in [1.29, 1.82) is 0 Å². The maximum Gasteiger partial charge on any atom is 0.271 e. The van der Waals surface area contributed by atoms with E-state index < -0.39 is 0 Å². The first-order valence-electron chi connectivity index (χ1n) is 7.09. The Bertz CT molecular complexity index is 661. The number of carbonyl (C=O) groups is 1. The maximum absolute atomic E-state index is 12.4. The molecular weight excluding hydrogens is 306 g/mol. The zero-order valence-corrected chi connectivity index (χ0v) is 12.8. The number of aromatic nitrogens is 4. The fraction of sp³-hybridized carbons (Fsp3) is 0.429. The minimum absolute atomic E-state index is 0.0752. The maximum atomic E-state index is 12.4. The summed E-state index contributed by atoms with van der Waals surface area (Å²) in [4.78, 5) is 20.4. The Hall–Kier alpha value is -2.15. The Kier molecular flexibility index (Phi) is 4.24. The van der Waals surface area contributed by atoms with Gasteiger partial charge in [0.15, 0.2) is 5.75 Å². The predicted octanol–water partition coefficient (Wildman–Crippen LogP) is 1.89. The minimum atomic E-state index is -0.303. The molecule has 8 heteroatoms. The van der Waals surface area contributed by atoms with Crippen molar-refractivity contribution in [3.05, 3.63) is 35.1 Å². The van der Waals surface area contributed by atoms with Crippen molar-refractivity contribution in [3.8, 4) is 5.75 Å². The molecule has 0 aliphatic heterocycles. The fourth-order valence-electron chi connectivity index (χ4n) is 2.56. The van der Waals surface area contributed by atoms with Gasteiger partial charge in [0.25, 0.3) is 5.91 Å². The Morgan fingerprint density at radius 3 is 3.09 bits per heavy atom. The van der Waals surface area contributed by atoms with Crippen molar-refractivity contribution < 1.29 is 9.53 Å². The number of ether oxygens (including phenoxy) is 1. The van der Waals surface area contributed by atoms with Gasteiger partial charge >= 0.3 is 0 Å². The van der Waals surface area contributed by atoms with Crippen molar-refractivity contribution in [2.45, 2.75) is 38.3 Å². The van der Waals surface area contributed by atoms with Gasteiger partial charge in [0, 0.05) is 0 Å². The van der Waals surface area contributed by atoms with E-state index in [9.17, 15) is 4.79 Å². The van der Waals surface area contributed by atoms with Crippen LogP contribution in [0.5, 0.6) is 5.75 Å². The van der Waals surface area contributed by atoms with E-state index in [0.717, 1.165) is 19.3 Å². The highest BCUT2D eigenvalue weighted by Crippen LogP contribution is 2.25. The van der Waals surface area contributed by atoms with Gasteiger partial charge in [-0.3, -0.25) is 9.89 Å². The monoisotopic (exact) mass is 321 g/mol. The number of aromatic amines is 1. The lowest BCUT2D eigenvalue weighted by molar-refractivity contribution is 0.0889. The minimum Gasteiger partial charge on any atom is -0.485 e. The fourth-order valence-corrected chi connectivity index (χ4v) is 2.74. The van der Waals surface area contributed by atoms with Gasteiger partial charge in [-0.1, -0.05) is 11.6 Å². The van der Waals surface area contributed by atoms with Crippen LogP contribution in [0.15, 0.2) is 18.6 Å². The molecule has 2 heterocycles. The molecule has 1 fully saturated rings. The molecule has 2 aromatic rings. The second kappa shape index (κ2) is 6.31. The number of aryl methyl sites for hydroxylation is 1. The summed E-state index contributed by atoms with van der Waals surface area (Å²) in [5.74, 6) is 0.873. The Morgan fingerprint density at radius 2 is 2.32 bits per heavy atom. The number of carbonyl (C=O) groups excluding carboxylic acids is 1. The van der Waals surface area contributed by atoms with Gasteiger partial charge in [-0.15, -0.1) is 0 Å². The van der Waals surface area contributed by atoms with Gasteiger partial charge in [0.05, 0.1) is 29.7 Å².